The van der Waals surface area contributed by atoms with Crippen molar-refractivity contribution in [2.45, 2.75) is 108 Å². The smallest absolute Gasteiger partial charge is 0.313 e. The molecule has 10 heteroatoms. The maximum Gasteiger partial charge on any atom is 0.313 e. The fourth-order valence-corrected chi connectivity index (χ4v) is 5.05. The molecule has 1 aromatic rings. The first-order valence-corrected chi connectivity index (χ1v) is 14.0. The lowest BCUT2D eigenvalue weighted by Gasteiger charge is -2.01. The molecule has 0 aromatic carbocycles. The molecule has 0 atom stereocenters. The number of carbonyl (C=O) groups is 1. The van der Waals surface area contributed by atoms with Crippen LogP contribution in [0.15, 0.2) is 20.9 Å². The Morgan fingerprint density at radius 1 is 0.969 bits per heavy atom. The zero-order valence-corrected chi connectivity index (χ0v) is 21.1. The molecule has 1 heterocycles. The number of sulfonamides is 1. The lowest BCUT2D eigenvalue weighted by molar-refractivity contribution is -0.114. The number of anilines is 1. The molecule has 0 saturated carbocycles. The SMILES string of the molecule is CCCCCCCC/C=C/CCCCCCCC(N)=NS(=O)(=O)c1nnc(NC(C)=O)s1. The molecule has 0 saturated heterocycles. The lowest BCUT2D eigenvalue weighted by Crippen LogP contribution is -2.14. The van der Waals surface area contributed by atoms with Gasteiger partial charge in [0, 0.05) is 13.3 Å². The molecular weight excluding hydrogens is 446 g/mol. The summed E-state index contributed by atoms with van der Waals surface area (Å²) < 4.78 is 27.8. The summed E-state index contributed by atoms with van der Waals surface area (Å²) in [7, 11) is -4.00. The maximum absolute atomic E-state index is 12.2. The van der Waals surface area contributed by atoms with E-state index >= 15 is 0 Å². The van der Waals surface area contributed by atoms with Gasteiger partial charge in [-0.3, -0.25) is 4.79 Å². The standard InChI is InChI=1S/C22H39N5O3S2/c1-3-4-5-6-7-8-9-10-11-12-13-14-15-16-17-18-20(23)27-32(29,30)22-26-25-21(31-22)24-19(2)28/h10-11H,3-9,12-18H2,1-2H3,(H2,23,27)(H,24,25,28)/b11-10+. The fraction of sp³-hybridized carbons (Fsp3) is 0.727. The number of amides is 1. The van der Waals surface area contributed by atoms with E-state index < -0.39 is 10.0 Å². The lowest BCUT2D eigenvalue weighted by atomic mass is 10.1. The molecule has 1 amide bonds. The molecule has 0 unspecified atom stereocenters. The second-order valence-electron chi connectivity index (χ2n) is 7.95. The Labute approximate surface area is 197 Å². The molecule has 1 rings (SSSR count). The van der Waals surface area contributed by atoms with Gasteiger partial charge in [0.15, 0.2) is 0 Å². The Morgan fingerprint density at radius 3 is 2.12 bits per heavy atom. The first kappa shape index (κ1) is 28.2. The van der Waals surface area contributed by atoms with Crippen molar-refractivity contribution in [2.75, 3.05) is 5.32 Å². The zero-order chi connectivity index (χ0) is 23.7. The number of rotatable bonds is 18. The van der Waals surface area contributed by atoms with Crippen molar-refractivity contribution < 1.29 is 13.2 Å². The van der Waals surface area contributed by atoms with E-state index in [0.29, 0.717) is 6.42 Å². The molecule has 0 spiro atoms. The quantitative estimate of drug-likeness (QED) is 0.0918. The minimum Gasteiger partial charge on any atom is -0.386 e. The van der Waals surface area contributed by atoms with Crippen LogP contribution in [0.2, 0.25) is 0 Å². The van der Waals surface area contributed by atoms with Crippen LogP contribution >= 0.6 is 11.3 Å². The minimum atomic E-state index is -4.00. The van der Waals surface area contributed by atoms with Crippen LogP contribution in [0.3, 0.4) is 0 Å². The van der Waals surface area contributed by atoms with Crippen LogP contribution in [0, 0.1) is 0 Å². The predicted molar refractivity (Wildman–Crippen MR) is 132 cm³/mol. The Hall–Kier alpha value is -1.81. The van der Waals surface area contributed by atoms with E-state index in [2.05, 4.69) is 39.0 Å². The summed E-state index contributed by atoms with van der Waals surface area (Å²) in [5.41, 5.74) is 5.79. The molecule has 0 radical (unpaired) electrons. The van der Waals surface area contributed by atoms with Crippen LogP contribution in [0.25, 0.3) is 0 Å². The fourth-order valence-electron chi connectivity index (χ4n) is 3.13. The van der Waals surface area contributed by atoms with Crippen molar-refractivity contribution in [3.63, 3.8) is 0 Å². The summed E-state index contributed by atoms with van der Waals surface area (Å²) in [6.45, 7) is 3.55. The number of nitrogens with two attached hydrogens (primary N) is 1. The highest BCUT2D eigenvalue weighted by Crippen LogP contribution is 2.21. The predicted octanol–water partition coefficient (Wildman–Crippen LogP) is 5.58. The second-order valence-corrected chi connectivity index (χ2v) is 10.7. The maximum atomic E-state index is 12.2. The van der Waals surface area contributed by atoms with Crippen LogP contribution in [-0.4, -0.2) is 30.4 Å². The zero-order valence-electron chi connectivity index (χ0n) is 19.5. The Morgan fingerprint density at radius 2 is 1.53 bits per heavy atom. The van der Waals surface area contributed by atoms with Gasteiger partial charge in [-0.15, -0.1) is 14.6 Å². The molecule has 0 fully saturated rings. The molecule has 8 nitrogen and oxygen atoms in total. The van der Waals surface area contributed by atoms with Crippen molar-refractivity contribution >= 4 is 38.2 Å². The Balaban J connectivity index is 2.12. The average Bonchev–Trinajstić information content (AvgIpc) is 3.19. The molecule has 0 bridgehead atoms. The topological polar surface area (TPSA) is 127 Å². The number of carbonyl (C=O) groups excluding carboxylic acids is 1. The molecule has 182 valence electrons. The van der Waals surface area contributed by atoms with Crippen LogP contribution in [0.4, 0.5) is 5.13 Å². The highest BCUT2D eigenvalue weighted by molar-refractivity contribution is 7.92. The van der Waals surface area contributed by atoms with E-state index in [0.717, 1.165) is 43.4 Å². The van der Waals surface area contributed by atoms with Gasteiger partial charge < -0.3 is 11.1 Å². The van der Waals surface area contributed by atoms with Gasteiger partial charge in [-0.2, -0.15) is 8.42 Å². The highest BCUT2D eigenvalue weighted by Gasteiger charge is 2.20. The average molecular weight is 486 g/mol. The summed E-state index contributed by atoms with van der Waals surface area (Å²) in [4.78, 5) is 11.0. The molecule has 0 aliphatic carbocycles. The van der Waals surface area contributed by atoms with Gasteiger partial charge in [0.25, 0.3) is 4.34 Å². The highest BCUT2D eigenvalue weighted by atomic mass is 32.2. The number of amidine groups is 1. The summed E-state index contributed by atoms with van der Waals surface area (Å²) in [6, 6.07) is 0. The minimum absolute atomic E-state index is 0.0684. The van der Waals surface area contributed by atoms with Gasteiger partial charge >= 0.3 is 10.0 Å². The number of unbranched alkanes of at least 4 members (excludes halogenated alkanes) is 11. The van der Waals surface area contributed by atoms with Crippen LogP contribution < -0.4 is 11.1 Å². The van der Waals surface area contributed by atoms with Gasteiger partial charge in [0.2, 0.25) is 11.0 Å². The third-order valence-electron chi connectivity index (χ3n) is 4.84. The molecule has 1 aromatic heterocycles. The molecule has 3 N–H and O–H groups in total. The third-order valence-corrected chi connectivity index (χ3v) is 7.36. The van der Waals surface area contributed by atoms with E-state index in [1.807, 2.05) is 0 Å². The van der Waals surface area contributed by atoms with E-state index in [1.165, 1.54) is 58.3 Å². The molecular formula is C22H39N5O3S2. The van der Waals surface area contributed by atoms with Crippen LogP contribution in [0.5, 0.6) is 0 Å². The van der Waals surface area contributed by atoms with Gasteiger partial charge in [-0.25, -0.2) is 0 Å². The van der Waals surface area contributed by atoms with E-state index in [9.17, 15) is 13.2 Å². The molecule has 0 aliphatic rings. The van der Waals surface area contributed by atoms with Gasteiger partial charge in [-0.1, -0.05) is 81.8 Å². The van der Waals surface area contributed by atoms with E-state index in [-0.39, 0.29) is 21.2 Å². The summed E-state index contributed by atoms with van der Waals surface area (Å²) in [6.07, 6.45) is 20.6. The van der Waals surface area contributed by atoms with Gasteiger partial charge in [0.05, 0.1) is 0 Å². The van der Waals surface area contributed by atoms with E-state index in [4.69, 9.17) is 5.73 Å². The first-order chi connectivity index (χ1) is 15.3. The first-order valence-electron chi connectivity index (χ1n) is 11.7. The largest absolute Gasteiger partial charge is 0.386 e. The van der Waals surface area contributed by atoms with Crippen molar-refractivity contribution in [3.05, 3.63) is 12.2 Å². The Bertz CT molecular complexity index is 819. The third kappa shape index (κ3) is 13.6. The number of nitrogens with zero attached hydrogens (tertiary/aromatic N) is 3. The van der Waals surface area contributed by atoms with Crippen LogP contribution in [-0.2, 0) is 14.8 Å². The number of hydrogen-bond donors (Lipinski definition) is 2. The van der Waals surface area contributed by atoms with Crippen molar-refractivity contribution in [1.29, 1.82) is 0 Å². The van der Waals surface area contributed by atoms with E-state index in [1.54, 1.807) is 0 Å². The number of nitrogens with one attached hydrogen (secondary N) is 1. The Kier molecular flexibility index (Phi) is 14.8. The van der Waals surface area contributed by atoms with Gasteiger partial charge in [0.1, 0.15) is 5.84 Å². The summed E-state index contributed by atoms with van der Waals surface area (Å²) in [5.74, 6) is -0.281. The van der Waals surface area contributed by atoms with Gasteiger partial charge in [-0.05, 0) is 32.1 Å². The van der Waals surface area contributed by atoms with Crippen molar-refractivity contribution in [3.8, 4) is 0 Å². The van der Waals surface area contributed by atoms with Crippen molar-refractivity contribution in [1.82, 2.24) is 10.2 Å². The normalized spacial score (nSPS) is 12.5. The number of aromatic nitrogens is 2. The summed E-state index contributed by atoms with van der Waals surface area (Å²) in [5, 5.41) is 9.69. The second kappa shape index (κ2) is 16.8. The number of allylic oxidation sites excluding steroid dienone is 2. The van der Waals surface area contributed by atoms with Crippen LogP contribution in [0.1, 0.15) is 104 Å². The monoisotopic (exact) mass is 485 g/mol. The molecule has 0 aliphatic heterocycles. The number of hydrogen-bond acceptors (Lipinski definition) is 6. The molecule has 32 heavy (non-hydrogen) atoms. The summed E-state index contributed by atoms with van der Waals surface area (Å²) >= 11 is 0.749. The van der Waals surface area contributed by atoms with Crippen molar-refractivity contribution in [2.24, 2.45) is 10.1 Å².